The third kappa shape index (κ3) is 6.76. The zero-order valence-corrected chi connectivity index (χ0v) is 33.0. The second kappa shape index (κ2) is 14.7. The van der Waals surface area contributed by atoms with Crippen molar-refractivity contribution in [2.75, 3.05) is 0 Å². The molecule has 6 aromatic carbocycles. The fraction of sp³-hybridized carbons (Fsp3) is 0.159. The molecule has 255 valence electrons. The number of hydrogen-bond donors (Lipinski definition) is 0. The fourth-order valence-corrected chi connectivity index (χ4v) is 47.3. The van der Waals surface area contributed by atoms with Crippen LogP contribution in [0.1, 0.15) is 40.3 Å². The average Bonchev–Trinajstić information content (AvgIpc) is 3.09. The summed E-state index contributed by atoms with van der Waals surface area (Å²) in [6.07, 6.45) is 0. The van der Waals surface area contributed by atoms with E-state index in [-0.39, 0.29) is 5.97 Å². The molecule has 5 heteroatoms. The number of carbonyl (C=O) groups is 1. The Morgan fingerprint density at radius 1 is 0.367 bits per heavy atom. The molecule has 0 aliphatic rings. The van der Waals surface area contributed by atoms with E-state index < -0.39 is 27.0 Å². The van der Waals surface area contributed by atoms with E-state index in [1.54, 1.807) is 6.92 Å². The summed E-state index contributed by atoms with van der Waals surface area (Å²) >= 11 is -2.45. The van der Waals surface area contributed by atoms with Gasteiger partial charge in [-0.1, -0.05) is 0 Å². The molecule has 0 atom stereocenters. The molecule has 0 saturated heterocycles. The van der Waals surface area contributed by atoms with E-state index in [9.17, 15) is 4.79 Å². The molecule has 0 unspecified atom stereocenters. The monoisotopic (exact) mass is 775 g/mol. The Bertz CT molecular complexity index is 1670. The summed E-state index contributed by atoms with van der Waals surface area (Å²) in [7, 11) is 0. The van der Waals surface area contributed by atoms with Gasteiger partial charge in [0.1, 0.15) is 0 Å². The molecule has 49 heavy (non-hydrogen) atoms. The van der Waals surface area contributed by atoms with Crippen molar-refractivity contribution >= 4 is 48.7 Å². The molecule has 0 N–H and O–H groups in total. The first kappa shape index (κ1) is 35.1. The summed E-state index contributed by atoms with van der Waals surface area (Å²) < 4.78 is 7.29. The van der Waals surface area contributed by atoms with Crippen LogP contribution in [-0.4, -0.2) is 5.97 Å². The van der Waals surface area contributed by atoms with Crippen LogP contribution < -0.4 is 31.8 Å². The molecule has 0 amide bonds. The van der Waals surface area contributed by atoms with E-state index in [1.807, 2.05) is 0 Å². The van der Waals surface area contributed by atoms with Crippen LogP contribution in [0.3, 0.4) is 0 Å². The molecule has 0 bridgehead atoms. The Morgan fingerprint density at radius 3 is 0.673 bits per heavy atom. The van der Waals surface area contributed by atoms with Crippen molar-refractivity contribution in [2.24, 2.45) is 0 Å². The maximum atomic E-state index is 13.9. The Balaban J connectivity index is 1.90. The van der Waals surface area contributed by atoms with Crippen LogP contribution in [0.4, 0.5) is 0 Å². The molecule has 2 nitrogen and oxygen atoms in total. The van der Waals surface area contributed by atoms with Gasteiger partial charge < -0.3 is 0 Å². The number of carbonyl (C=O) groups excluding carboxylic acids is 1. The third-order valence-corrected chi connectivity index (χ3v) is 41.0. The predicted molar refractivity (Wildman–Crippen MR) is 213 cm³/mol. The van der Waals surface area contributed by atoms with Gasteiger partial charge in [-0.3, -0.25) is 0 Å². The van der Waals surface area contributed by atoms with E-state index in [4.69, 9.17) is 3.46 Å². The van der Waals surface area contributed by atoms with Crippen LogP contribution in [0.15, 0.2) is 146 Å². The van der Waals surface area contributed by atoms with Crippen molar-refractivity contribution in [2.45, 2.75) is 48.5 Å². The average molecular weight is 776 g/mol. The molecular formula is C44H47O2P2Pd. The zero-order chi connectivity index (χ0) is 34.8. The molecule has 0 aromatic heterocycles. The van der Waals surface area contributed by atoms with Gasteiger partial charge in [-0.2, -0.15) is 0 Å². The van der Waals surface area contributed by atoms with Gasteiger partial charge in [-0.05, 0) is 0 Å². The van der Waals surface area contributed by atoms with E-state index >= 15 is 0 Å². The first-order valence-electron chi connectivity index (χ1n) is 16.8. The Labute approximate surface area is 299 Å². The predicted octanol–water partition coefficient (Wildman–Crippen LogP) is 8.22. The van der Waals surface area contributed by atoms with Crippen LogP contribution in [0.2, 0.25) is 0 Å². The molecule has 6 rings (SSSR count). The van der Waals surface area contributed by atoms with Crippen LogP contribution in [-0.2, 0) is 24.4 Å². The molecule has 0 heterocycles. The summed E-state index contributed by atoms with van der Waals surface area (Å²) in [5, 5.41) is 7.65. The first-order valence-corrected chi connectivity index (χ1v) is 25.7. The Morgan fingerprint density at radius 2 is 0.531 bits per heavy atom. The van der Waals surface area contributed by atoms with Crippen molar-refractivity contribution in [1.29, 1.82) is 0 Å². The van der Waals surface area contributed by atoms with Gasteiger partial charge in [0.15, 0.2) is 0 Å². The fourth-order valence-electron chi connectivity index (χ4n) is 6.50. The number of benzene rings is 6. The van der Waals surface area contributed by atoms with Gasteiger partial charge in [0.25, 0.3) is 0 Å². The van der Waals surface area contributed by atoms with Crippen LogP contribution in [0, 0.1) is 41.5 Å². The minimum absolute atomic E-state index is 0.215. The second-order valence-electron chi connectivity index (χ2n) is 13.2. The van der Waals surface area contributed by atoms with E-state index in [0.29, 0.717) is 0 Å². The van der Waals surface area contributed by atoms with Crippen molar-refractivity contribution in [1.82, 2.24) is 0 Å². The maximum absolute atomic E-state index is 13.9. The molecule has 0 radical (unpaired) electrons. The van der Waals surface area contributed by atoms with Crippen LogP contribution in [0.25, 0.3) is 0 Å². The molecule has 6 aromatic rings. The Hall–Kier alpha value is -3.69. The topological polar surface area (TPSA) is 26.3 Å². The molecule has 0 aliphatic heterocycles. The third-order valence-electron chi connectivity index (χ3n) is 9.18. The zero-order valence-electron chi connectivity index (χ0n) is 29.5. The van der Waals surface area contributed by atoms with Crippen molar-refractivity contribution in [3.05, 3.63) is 179 Å². The summed E-state index contributed by atoms with van der Waals surface area (Å²) in [6.45, 7) is 14.5. The molecule has 0 spiro atoms. The van der Waals surface area contributed by atoms with Gasteiger partial charge in [0, 0.05) is 0 Å². The van der Waals surface area contributed by atoms with Gasteiger partial charge in [-0.25, -0.2) is 0 Å². The second-order valence-corrected chi connectivity index (χ2v) is 32.7. The standard InChI is InChI=1S/2C21H21P.C2H4O2.Pd/c2*1-16-4-10-19(11-5-16)22(20-12-6-17(2)7-13-20)21-14-8-18(3)9-15-21;1-2(3)4;/h2*4-15H,1-3H3;1H3,(H,3,4);/q;;;-1/p+1. The molecule has 0 fully saturated rings. The summed E-state index contributed by atoms with van der Waals surface area (Å²) in [4.78, 5) is 13.9. The van der Waals surface area contributed by atoms with Gasteiger partial charge >= 0.3 is 301 Å². The molecular weight excluding hydrogens is 729 g/mol. The van der Waals surface area contributed by atoms with E-state index in [2.05, 4.69) is 187 Å². The summed E-state index contributed by atoms with van der Waals surface area (Å²) in [5.41, 5.74) is 0.911. The SMILES string of the molecule is CC(=O)[O][Pd]([PH](c1ccc(C)cc1)(c1ccc(C)cc1)c1ccc(C)cc1)[PH](c1ccc(C)cc1)(c1ccc(C)cc1)c1ccc(C)cc1. The van der Waals surface area contributed by atoms with E-state index in [1.165, 1.54) is 65.2 Å². The molecule has 0 aliphatic carbocycles. The first-order chi connectivity index (χ1) is 23.5. The number of aryl methyl sites for hydroxylation is 6. The van der Waals surface area contributed by atoms with Crippen LogP contribution >= 0.6 is 10.9 Å². The van der Waals surface area contributed by atoms with E-state index in [0.717, 1.165) is 0 Å². The van der Waals surface area contributed by atoms with Crippen LogP contribution in [0.5, 0.6) is 0 Å². The van der Waals surface area contributed by atoms with Crippen molar-refractivity contribution in [3.8, 4) is 0 Å². The van der Waals surface area contributed by atoms with Gasteiger partial charge in [-0.15, -0.1) is 0 Å². The van der Waals surface area contributed by atoms with Crippen molar-refractivity contribution < 1.29 is 24.4 Å². The molecule has 0 saturated carbocycles. The van der Waals surface area contributed by atoms with Gasteiger partial charge in [0.05, 0.1) is 0 Å². The minimum atomic E-state index is -3.17. The normalized spacial score (nSPS) is 12.7. The van der Waals surface area contributed by atoms with Crippen molar-refractivity contribution in [3.63, 3.8) is 0 Å². The number of rotatable bonds is 9. The summed E-state index contributed by atoms with van der Waals surface area (Å²) in [6, 6.07) is 54.8. The quantitative estimate of drug-likeness (QED) is 0.109. The van der Waals surface area contributed by atoms with Gasteiger partial charge in [0.2, 0.25) is 0 Å². The number of hydrogen-bond acceptors (Lipinski definition) is 2. The Kier molecular flexibility index (Phi) is 10.5. The summed E-state index contributed by atoms with van der Waals surface area (Å²) in [5.74, 6) is -0.215.